The second-order valence-corrected chi connectivity index (χ2v) is 6.30. The topological polar surface area (TPSA) is 57.2 Å². The highest BCUT2D eigenvalue weighted by molar-refractivity contribution is 5.95. The highest BCUT2D eigenvalue weighted by atomic mass is 16.8. The summed E-state index contributed by atoms with van der Waals surface area (Å²) in [6.45, 7) is 0.574. The molecule has 1 fully saturated rings. The van der Waals surface area contributed by atoms with E-state index in [1.165, 1.54) is 0 Å². The molecule has 3 aliphatic heterocycles. The van der Waals surface area contributed by atoms with Crippen LogP contribution in [-0.4, -0.2) is 62.4 Å². The van der Waals surface area contributed by atoms with Crippen LogP contribution >= 0.6 is 0 Å². The number of amides is 1. The van der Waals surface area contributed by atoms with E-state index in [2.05, 4.69) is 0 Å². The zero-order chi connectivity index (χ0) is 16.2. The Balaban J connectivity index is 1.88. The van der Waals surface area contributed by atoms with Crippen LogP contribution in [-0.2, 0) is 23.7 Å². The van der Waals surface area contributed by atoms with Crippen LogP contribution in [0.4, 0.5) is 0 Å². The van der Waals surface area contributed by atoms with E-state index in [0.717, 1.165) is 11.1 Å². The van der Waals surface area contributed by atoms with Gasteiger partial charge in [0.1, 0.15) is 0 Å². The number of piperidine rings is 1. The van der Waals surface area contributed by atoms with Gasteiger partial charge in [-0.2, -0.15) is 0 Å². The summed E-state index contributed by atoms with van der Waals surface area (Å²) in [5.74, 6) is -0.808. The standard InChI is InChI=1S/C17H21NO5/c1-20-12-5-4-11-8-14(19)18-7-6-17(22-3)13(16(11,18)10-12)9-15(21-2)23-17/h4-5,8-9,12,15H,6-7,10H2,1-3H3/t12-,15-,16+,17+/m1/s1. The summed E-state index contributed by atoms with van der Waals surface area (Å²) >= 11 is 0. The van der Waals surface area contributed by atoms with Gasteiger partial charge in [0.05, 0.1) is 11.6 Å². The number of carbonyl (C=O) groups is 1. The zero-order valence-electron chi connectivity index (χ0n) is 13.6. The van der Waals surface area contributed by atoms with Gasteiger partial charge in [-0.3, -0.25) is 4.79 Å². The number of rotatable bonds is 3. The van der Waals surface area contributed by atoms with Crippen LogP contribution < -0.4 is 0 Å². The minimum Gasteiger partial charge on any atom is -0.377 e. The molecule has 4 atom stereocenters. The van der Waals surface area contributed by atoms with Gasteiger partial charge >= 0.3 is 0 Å². The van der Waals surface area contributed by atoms with Crippen molar-refractivity contribution in [2.24, 2.45) is 0 Å². The van der Waals surface area contributed by atoms with E-state index in [9.17, 15) is 4.79 Å². The van der Waals surface area contributed by atoms with Crippen molar-refractivity contribution in [1.29, 1.82) is 0 Å². The van der Waals surface area contributed by atoms with Crippen molar-refractivity contribution in [3.05, 3.63) is 35.5 Å². The lowest BCUT2D eigenvalue weighted by atomic mass is 9.69. The van der Waals surface area contributed by atoms with E-state index in [-0.39, 0.29) is 12.0 Å². The molecule has 0 aromatic carbocycles. The summed E-state index contributed by atoms with van der Waals surface area (Å²) in [5.41, 5.74) is 1.37. The third-order valence-electron chi connectivity index (χ3n) is 5.46. The molecule has 6 nitrogen and oxygen atoms in total. The second kappa shape index (κ2) is 5.01. The number of nitrogens with zero attached hydrogens (tertiary/aromatic N) is 1. The number of ether oxygens (including phenoxy) is 4. The first-order valence-corrected chi connectivity index (χ1v) is 7.83. The minimum atomic E-state index is -0.843. The molecule has 4 rings (SSSR count). The number of hydrogen-bond donors (Lipinski definition) is 0. The van der Waals surface area contributed by atoms with E-state index in [4.69, 9.17) is 18.9 Å². The van der Waals surface area contributed by atoms with Gasteiger partial charge in [-0.25, -0.2) is 0 Å². The van der Waals surface area contributed by atoms with Crippen LogP contribution in [0.2, 0.25) is 0 Å². The summed E-state index contributed by atoms with van der Waals surface area (Å²) in [6.07, 6.45) is 8.38. The smallest absolute Gasteiger partial charge is 0.247 e. The van der Waals surface area contributed by atoms with Gasteiger partial charge in [0.25, 0.3) is 0 Å². The Bertz CT molecular complexity index is 639. The molecule has 0 aromatic heterocycles. The maximum absolute atomic E-state index is 12.5. The molecule has 23 heavy (non-hydrogen) atoms. The molecule has 0 aromatic rings. The first-order valence-electron chi connectivity index (χ1n) is 7.83. The average molecular weight is 319 g/mol. The quantitative estimate of drug-likeness (QED) is 0.730. The Morgan fingerprint density at radius 3 is 2.83 bits per heavy atom. The van der Waals surface area contributed by atoms with Gasteiger partial charge in [0.15, 0.2) is 12.1 Å². The third-order valence-corrected chi connectivity index (χ3v) is 5.46. The first-order chi connectivity index (χ1) is 11.1. The number of methoxy groups -OCH3 is 3. The van der Waals surface area contributed by atoms with Crippen molar-refractivity contribution >= 4 is 5.91 Å². The Hall–Kier alpha value is -1.47. The van der Waals surface area contributed by atoms with Crippen molar-refractivity contribution in [3.8, 4) is 0 Å². The highest BCUT2D eigenvalue weighted by Crippen LogP contribution is 2.55. The Labute approximate surface area is 135 Å². The molecule has 0 bridgehead atoms. The van der Waals surface area contributed by atoms with Crippen molar-refractivity contribution < 1.29 is 23.7 Å². The number of fused-ring (bicyclic) bond motifs is 1. The third kappa shape index (κ3) is 1.80. The predicted molar refractivity (Wildman–Crippen MR) is 81.4 cm³/mol. The molecule has 6 heteroatoms. The molecule has 0 N–H and O–H groups in total. The lowest BCUT2D eigenvalue weighted by Gasteiger charge is -2.52. The lowest BCUT2D eigenvalue weighted by Crippen LogP contribution is -2.62. The van der Waals surface area contributed by atoms with Crippen LogP contribution in [0, 0.1) is 0 Å². The molecule has 1 amide bonds. The van der Waals surface area contributed by atoms with E-state index in [0.29, 0.717) is 19.4 Å². The van der Waals surface area contributed by atoms with Gasteiger partial charge in [-0.05, 0) is 11.6 Å². The second-order valence-electron chi connectivity index (χ2n) is 6.30. The van der Waals surface area contributed by atoms with Crippen molar-refractivity contribution in [3.63, 3.8) is 0 Å². The van der Waals surface area contributed by atoms with Gasteiger partial charge in [-0.1, -0.05) is 12.2 Å². The van der Waals surface area contributed by atoms with Crippen LogP contribution in [0.3, 0.4) is 0 Å². The van der Waals surface area contributed by atoms with Crippen LogP contribution in [0.25, 0.3) is 0 Å². The molecule has 1 saturated heterocycles. The van der Waals surface area contributed by atoms with Gasteiger partial charge in [-0.15, -0.1) is 0 Å². The summed E-state index contributed by atoms with van der Waals surface area (Å²) in [7, 11) is 4.93. The number of carbonyl (C=O) groups excluding carboxylic acids is 1. The summed E-state index contributed by atoms with van der Waals surface area (Å²) < 4.78 is 22.8. The van der Waals surface area contributed by atoms with Crippen LogP contribution in [0.1, 0.15) is 12.8 Å². The summed E-state index contributed by atoms with van der Waals surface area (Å²) in [5, 5.41) is 0. The summed E-state index contributed by atoms with van der Waals surface area (Å²) in [6, 6.07) is 0. The average Bonchev–Trinajstić information content (AvgIpc) is 3.09. The molecule has 0 saturated carbocycles. The molecule has 0 radical (unpaired) electrons. The molecule has 124 valence electrons. The normalized spacial score (nSPS) is 41.3. The maximum Gasteiger partial charge on any atom is 0.247 e. The molecule has 3 heterocycles. The Morgan fingerprint density at radius 1 is 1.30 bits per heavy atom. The minimum absolute atomic E-state index is 0.0351. The number of hydrogen-bond acceptors (Lipinski definition) is 5. The van der Waals surface area contributed by atoms with E-state index in [1.54, 1.807) is 27.4 Å². The van der Waals surface area contributed by atoms with Crippen molar-refractivity contribution in [1.82, 2.24) is 4.90 Å². The Morgan fingerprint density at radius 2 is 2.13 bits per heavy atom. The van der Waals surface area contributed by atoms with E-state index in [1.807, 2.05) is 23.1 Å². The zero-order valence-corrected chi connectivity index (χ0v) is 13.6. The van der Waals surface area contributed by atoms with Crippen LogP contribution in [0.5, 0.6) is 0 Å². The molecule has 0 unspecified atom stereocenters. The van der Waals surface area contributed by atoms with Crippen molar-refractivity contribution in [2.45, 2.75) is 36.6 Å². The van der Waals surface area contributed by atoms with E-state index < -0.39 is 17.6 Å². The largest absolute Gasteiger partial charge is 0.377 e. The Kier molecular flexibility index (Phi) is 3.29. The fourth-order valence-electron chi connectivity index (χ4n) is 4.36. The lowest BCUT2D eigenvalue weighted by molar-refractivity contribution is -0.261. The van der Waals surface area contributed by atoms with Crippen molar-refractivity contribution in [2.75, 3.05) is 27.9 Å². The fourth-order valence-corrected chi connectivity index (χ4v) is 4.36. The van der Waals surface area contributed by atoms with Gasteiger partial charge < -0.3 is 23.8 Å². The fraction of sp³-hybridized carbons (Fsp3) is 0.588. The molecule has 1 spiro atoms. The molecule has 4 aliphatic rings. The van der Waals surface area contributed by atoms with Crippen LogP contribution in [0.15, 0.2) is 35.5 Å². The maximum atomic E-state index is 12.5. The first kappa shape index (κ1) is 15.1. The summed E-state index contributed by atoms with van der Waals surface area (Å²) in [4.78, 5) is 14.5. The SMILES string of the molecule is CO[C@H]1C=C2[C@](OC)(CCN3C(=O)C=C4C=C[C@@H](OC)C[C@]423)O1. The predicted octanol–water partition coefficient (Wildman–Crippen LogP) is 1.14. The molecular formula is C17H21NO5. The highest BCUT2D eigenvalue weighted by Gasteiger charge is 2.63. The molecule has 1 aliphatic carbocycles. The van der Waals surface area contributed by atoms with Gasteiger partial charge in [0, 0.05) is 52.4 Å². The monoisotopic (exact) mass is 319 g/mol. The van der Waals surface area contributed by atoms with Gasteiger partial charge in [0.2, 0.25) is 5.91 Å². The van der Waals surface area contributed by atoms with E-state index >= 15 is 0 Å². The molecular weight excluding hydrogens is 298 g/mol.